The number of alkyl halides is 2. The van der Waals surface area contributed by atoms with E-state index in [1.165, 1.54) is 0 Å². The Balaban J connectivity index is 2.99. The second-order valence-corrected chi connectivity index (χ2v) is 3.84. The quantitative estimate of drug-likeness (QED) is 0.748. The molecule has 1 nitrogen and oxygen atoms in total. The molecule has 0 fully saturated rings. The van der Waals surface area contributed by atoms with Gasteiger partial charge in [0, 0.05) is 0 Å². The standard InChI is InChI=1S/C12H14F2O/c1-8(2)10(11(15)12(13)14)9-6-4-3-5-7-9/h3-8,10,12H,1-2H3. The van der Waals surface area contributed by atoms with Gasteiger partial charge in [-0.25, -0.2) is 8.78 Å². The molecule has 0 aliphatic heterocycles. The van der Waals surface area contributed by atoms with Crippen molar-refractivity contribution in [3.8, 4) is 0 Å². The number of ketones is 1. The maximum atomic E-state index is 12.4. The van der Waals surface area contributed by atoms with E-state index in [9.17, 15) is 13.6 Å². The van der Waals surface area contributed by atoms with E-state index in [0.29, 0.717) is 5.56 Å². The van der Waals surface area contributed by atoms with Gasteiger partial charge in [-0.15, -0.1) is 0 Å². The lowest BCUT2D eigenvalue weighted by atomic mass is 9.85. The van der Waals surface area contributed by atoms with Gasteiger partial charge in [0.1, 0.15) is 0 Å². The first-order valence-electron chi connectivity index (χ1n) is 4.91. The zero-order valence-electron chi connectivity index (χ0n) is 8.78. The molecule has 0 aliphatic rings. The Morgan fingerprint density at radius 2 is 1.67 bits per heavy atom. The molecule has 1 atom stereocenters. The number of Topliss-reactive ketones (excluding diaryl/α,β-unsaturated/α-hetero) is 1. The smallest absolute Gasteiger partial charge is 0.293 e. The van der Waals surface area contributed by atoms with Crippen LogP contribution in [0.1, 0.15) is 25.3 Å². The van der Waals surface area contributed by atoms with Crippen LogP contribution in [0.4, 0.5) is 8.78 Å². The van der Waals surface area contributed by atoms with Crippen molar-refractivity contribution in [1.29, 1.82) is 0 Å². The number of hydrogen-bond donors (Lipinski definition) is 0. The molecule has 0 bridgehead atoms. The second-order valence-electron chi connectivity index (χ2n) is 3.84. The van der Waals surface area contributed by atoms with Gasteiger partial charge in [-0.3, -0.25) is 4.79 Å². The topological polar surface area (TPSA) is 17.1 Å². The van der Waals surface area contributed by atoms with Crippen LogP contribution in [-0.2, 0) is 4.79 Å². The average Bonchev–Trinajstić information content (AvgIpc) is 2.18. The van der Waals surface area contributed by atoms with Gasteiger partial charge >= 0.3 is 0 Å². The third-order valence-corrected chi connectivity index (χ3v) is 2.35. The van der Waals surface area contributed by atoms with Crippen molar-refractivity contribution >= 4 is 5.78 Å². The lowest BCUT2D eigenvalue weighted by Crippen LogP contribution is -2.24. The van der Waals surface area contributed by atoms with Gasteiger partial charge in [0.2, 0.25) is 5.78 Å². The van der Waals surface area contributed by atoms with Crippen molar-refractivity contribution in [3.63, 3.8) is 0 Å². The van der Waals surface area contributed by atoms with Gasteiger partial charge in [0.25, 0.3) is 6.43 Å². The Hall–Kier alpha value is -1.25. The molecule has 0 saturated carbocycles. The number of carbonyl (C=O) groups excluding carboxylic acids is 1. The first-order valence-corrected chi connectivity index (χ1v) is 4.91. The molecule has 0 spiro atoms. The van der Waals surface area contributed by atoms with E-state index in [4.69, 9.17) is 0 Å². The highest BCUT2D eigenvalue weighted by molar-refractivity contribution is 5.88. The van der Waals surface area contributed by atoms with Crippen LogP contribution in [-0.4, -0.2) is 12.2 Å². The summed E-state index contributed by atoms with van der Waals surface area (Å²) in [6, 6.07) is 8.73. The zero-order valence-corrected chi connectivity index (χ0v) is 8.78. The molecule has 15 heavy (non-hydrogen) atoms. The van der Waals surface area contributed by atoms with Gasteiger partial charge in [-0.05, 0) is 11.5 Å². The molecule has 3 heteroatoms. The normalized spacial score (nSPS) is 13.2. The summed E-state index contributed by atoms with van der Waals surface area (Å²) in [5.41, 5.74) is 0.665. The monoisotopic (exact) mass is 212 g/mol. The summed E-state index contributed by atoms with van der Waals surface area (Å²) in [6.07, 6.45) is -2.89. The lowest BCUT2D eigenvalue weighted by Gasteiger charge is -2.19. The summed E-state index contributed by atoms with van der Waals surface area (Å²) in [4.78, 5) is 11.3. The van der Waals surface area contributed by atoms with Crippen LogP contribution in [0.5, 0.6) is 0 Å². The molecule has 0 radical (unpaired) electrons. The minimum Gasteiger partial charge on any atom is -0.293 e. The molecule has 0 N–H and O–H groups in total. The van der Waals surface area contributed by atoms with Crippen LogP contribution in [0.3, 0.4) is 0 Å². The van der Waals surface area contributed by atoms with Crippen molar-refractivity contribution in [3.05, 3.63) is 35.9 Å². The van der Waals surface area contributed by atoms with E-state index < -0.39 is 18.1 Å². The van der Waals surface area contributed by atoms with Crippen LogP contribution in [0.2, 0.25) is 0 Å². The SMILES string of the molecule is CC(C)C(C(=O)C(F)F)c1ccccc1. The first-order chi connectivity index (χ1) is 7.04. The van der Waals surface area contributed by atoms with E-state index in [1.807, 2.05) is 0 Å². The van der Waals surface area contributed by atoms with Crippen LogP contribution in [0.25, 0.3) is 0 Å². The fourth-order valence-corrected chi connectivity index (χ4v) is 1.67. The summed E-state index contributed by atoms with van der Waals surface area (Å²) in [5, 5.41) is 0. The van der Waals surface area contributed by atoms with E-state index in [2.05, 4.69) is 0 Å². The minimum atomic E-state index is -2.89. The van der Waals surface area contributed by atoms with Crippen LogP contribution >= 0.6 is 0 Å². The van der Waals surface area contributed by atoms with Crippen LogP contribution in [0.15, 0.2) is 30.3 Å². The largest absolute Gasteiger partial charge is 0.296 e. The van der Waals surface area contributed by atoms with Gasteiger partial charge in [0.05, 0.1) is 5.92 Å². The molecule has 1 aromatic rings. The molecule has 1 aromatic carbocycles. The molecule has 0 saturated heterocycles. The fraction of sp³-hybridized carbons (Fsp3) is 0.417. The first kappa shape index (κ1) is 11.8. The highest BCUT2D eigenvalue weighted by Gasteiger charge is 2.30. The van der Waals surface area contributed by atoms with Crippen molar-refractivity contribution < 1.29 is 13.6 Å². The predicted molar refractivity (Wildman–Crippen MR) is 55.0 cm³/mol. The Labute approximate surface area is 88.1 Å². The highest BCUT2D eigenvalue weighted by atomic mass is 19.3. The van der Waals surface area contributed by atoms with Crippen molar-refractivity contribution in [2.45, 2.75) is 26.2 Å². The van der Waals surface area contributed by atoms with Gasteiger partial charge < -0.3 is 0 Å². The zero-order chi connectivity index (χ0) is 11.4. The number of benzene rings is 1. The molecule has 82 valence electrons. The summed E-state index contributed by atoms with van der Waals surface area (Å²) in [5.74, 6) is -1.81. The lowest BCUT2D eigenvalue weighted by molar-refractivity contribution is -0.132. The molecule has 0 heterocycles. The van der Waals surface area contributed by atoms with E-state index in [1.54, 1.807) is 44.2 Å². The Morgan fingerprint density at radius 1 is 1.13 bits per heavy atom. The summed E-state index contributed by atoms with van der Waals surface area (Å²) in [7, 11) is 0. The molecule has 0 aliphatic carbocycles. The van der Waals surface area contributed by atoms with Crippen molar-refractivity contribution in [2.24, 2.45) is 5.92 Å². The Kier molecular flexibility index (Phi) is 3.95. The third kappa shape index (κ3) is 2.85. The number of hydrogen-bond acceptors (Lipinski definition) is 1. The highest BCUT2D eigenvalue weighted by Crippen LogP contribution is 2.27. The van der Waals surface area contributed by atoms with E-state index in [-0.39, 0.29) is 5.92 Å². The summed E-state index contributed by atoms with van der Waals surface area (Å²) < 4.78 is 24.7. The number of halogens is 2. The average molecular weight is 212 g/mol. The van der Waals surface area contributed by atoms with E-state index in [0.717, 1.165) is 0 Å². The minimum absolute atomic E-state index is 0.117. The summed E-state index contributed by atoms with van der Waals surface area (Å²) in [6.45, 7) is 3.55. The maximum Gasteiger partial charge on any atom is 0.296 e. The predicted octanol–water partition coefficient (Wildman–Crippen LogP) is 3.26. The molecule has 0 amide bonds. The summed E-state index contributed by atoms with van der Waals surface area (Å²) >= 11 is 0. The molecule has 1 unspecified atom stereocenters. The number of rotatable bonds is 4. The molecule has 1 rings (SSSR count). The molecular weight excluding hydrogens is 198 g/mol. The maximum absolute atomic E-state index is 12.4. The fourth-order valence-electron chi connectivity index (χ4n) is 1.67. The Morgan fingerprint density at radius 3 is 2.07 bits per heavy atom. The van der Waals surface area contributed by atoms with Crippen molar-refractivity contribution in [1.82, 2.24) is 0 Å². The van der Waals surface area contributed by atoms with Gasteiger partial charge in [-0.2, -0.15) is 0 Å². The van der Waals surface area contributed by atoms with Crippen LogP contribution in [0, 0.1) is 5.92 Å². The number of carbonyl (C=O) groups is 1. The Bertz CT molecular complexity index is 320. The van der Waals surface area contributed by atoms with Crippen molar-refractivity contribution in [2.75, 3.05) is 0 Å². The molecule has 0 aromatic heterocycles. The van der Waals surface area contributed by atoms with Gasteiger partial charge in [0.15, 0.2) is 0 Å². The van der Waals surface area contributed by atoms with Crippen LogP contribution < -0.4 is 0 Å². The second kappa shape index (κ2) is 5.01. The molecular formula is C12H14F2O. The van der Waals surface area contributed by atoms with Gasteiger partial charge in [-0.1, -0.05) is 44.2 Å². The third-order valence-electron chi connectivity index (χ3n) is 2.35. The van der Waals surface area contributed by atoms with E-state index >= 15 is 0 Å².